The smallest absolute Gasteiger partial charge is 0.323 e. The van der Waals surface area contributed by atoms with Gasteiger partial charge in [0.15, 0.2) is 0 Å². The number of nitrogen functional groups attached to an aromatic ring is 1. The number of hydrogen-bond donors (Lipinski definition) is 3. The number of anilines is 2. The van der Waals surface area contributed by atoms with Crippen LogP contribution in [0.2, 0.25) is 0 Å². The van der Waals surface area contributed by atoms with E-state index in [1.54, 1.807) is 6.92 Å². The lowest BCUT2D eigenvalue weighted by atomic mass is 10.3. The molecule has 0 amide bonds. The van der Waals surface area contributed by atoms with Crippen LogP contribution in [-0.4, -0.2) is 45.9 Å². The summed E-state index contributed by atoms with van der Waals surface area (Å²) in [6.07, 6.45) is 0.208. The van der Waals surface area contributed by atoms with E-state index in [9.17, 15) is 5.11 Å². The van der Waals surface area contributed by atoms with Gasteiger partial charge in [-0.05, 0) is 27.2 Å². The molecule has 19 heavy (non-hydrogen) atoms. The van der Waals surface area contributed by atoms with Gasteiger partial charge >= 0.3 is 6.01 Å². The highest BCUT2D eigenvalue weighted by Crippen LogP contribution is 2.14. The number of nitrogens with one attached hydrogen (secondary N) is 1. The molecule has 0 aliphatic carbocycles. The first-order valence-electron chi connectivity index (χ1n) is 6.21. The van der Waals surface area contributed by atoms with Crippen molar-refractivity contribution >= 4 is 11.9 Å². The number of hydrazine groups is 1. The lowest BCUT2D eigenvalue weighted by Crippen LogP contribution is -2.25. The highest BCUT2D eigenvalue weighted by molar-refractivity contribution is 5.36. The predicted octanol–water partition coefficient (Wildman–Crippen LogP) is 0.152. The lowest BCUT2D eigenvalue weighted by molar-refractivity contribution is 0.186. The van der Waals surface area contributed by atoms with Crippen LogP contribution in [0.4, 0.5) is 11.9 Å². The Labute approximate surface area is 113 Å². The second kappa shape index (κ2) is 7.05. The summed E-state index contributed by atoms with van der Waals surface area (Å²) in [5, 5.41) is 9.29. The van der Waals surface area contributed by atoms with Crippen molar-refractivity contribution in [1.29, 1.82) is 0 Å². The molecule has 0 aromatic carbocycles. The molecule has 4 N–H and O–H groups in total. The summed E-state index contributed by atoms with van der Waals surface area (Å²) in [6, 6.07) is 0.219. The van der Waals surface area contributed by atoms with Crippen LogP contribution in [0.3, 0.4) is 0 Å². The van der Waals surface area contributed by atoms with E-state index in [4.69, 9.17) is 10.6 Å². The van der Waals surface area contributed by atoms with E-state index < -0.39 is 0 Å². The average molecular weight is 270 g/mol. The number of aliphatic hydroxyl groups excluding tert-OH is 1. The number of rotatable bonds is 7. The van der Waals surface area contributed by atoms with E-state index in [1.807, 2.05) is 25.8 Å². The SMILES string of the molecule is CC(O)CCN(C)c1nc(NN)nc(OC(C)C)n1. The summed E-state index contributed by atoms with van der Waals surface area (Å²) in [7, 11) is 1.83. The number of aliphatic hydroxyl groups is 1. The first-order valence-corrected chi connectivity index (χ1v) is 6.21. The number of ether oxygens (including phenoxy) is 1. The Morgan fingerprint density at radius 1 is 1.32 bits per heavy atom. The third kappa shape index (κ3) is 5.23. The van der Waals surface area contributed by atoms with Gasteiger partial charge in [0.2, 0.25) is 11.9 Å². The molecule has 0 bridgehead atoms. The fourth-order valence-electron chi connectivity index (χ4n) is 1.33. The Morgan fingerprint density at radius 3 is 2.53 bits per heavy atom. The molecule has 0 saturated carbocycles. The number of hydrogen-bond acceptors (Lipinski definition) is 8. The van der Waals surface area contributed by atoms with Gasteiger partial charge in [0.25, 0.3) is 0 Å². The van der Waals surface area contributed by atoms with Gasteiger partial charge in [-0.1, -0.05) is 0 Å². The summed E-state index contributed by atoms with van der Waals surface area (Å²) in [6.45, 7) is 6.13. The fraction of sp³-hybridized carbons (Fsp3) is 0.727. The molecular weight excluding hydrogens is 248 g/mol. The normalized spacial score (nSPS) is 12.4. The molecule has 1 aromatic heterocycles. The lowest BCUT2D eigenvalue weighted by Gasteiger charge is -2.19. The van der Waals surface area contributed by atoms with Crippen LogP contribution in [0.1, 0.15) is 27.2 Å². The minimum absolute atomic E-state index is 0.0383. The molecule has 8 nitrogen and oxygen atoms in total. The van der Waals surface area contributed by atoms with E-state index in [1.165, 1.54) is 0 Å². The first kappa shape index (κ1) is 15.4. The highest BCUT2D eigenvalue weighted by Gasteiger charge is 2.12. The largest absolute Gasteiger partial charge is 0.461 e. The van der Waals surface area contributed by atoms with Crippen molar-refractivity contribution in [3.63, 3.8) is 0 Å². The quantitative estimate of drug-likeness (QED) is 0.474. The Hall–Kier alpha value is -1.67. The van der Waals surface area contributed by atoms with Crippen molar-refractivity contribution in [2.75, 3.05) is 23.9 Å². The van der Waals surface area contributed by atoms with Gasteiger partial charge < -0.3 is 14.7 Å². The first-order chi connectivity index (χ1) is 8.92. The molecule has 0 saturated heterocycles. The third-order valence-corrected chi connectivity index (χ3v) is 2.30. The van der Waals surface area contributed by atoms with Crippen molar-refractivity contribution in [1.82, 2.24) is 15.0 Å². The van der Waals surface area contributed by atoms with Crippen LogP contribution in [-0.2, 0) is 0 Å². The number of aromatic nitrogens is 3. The van der Waals surface area contributed by atoms with Crippen molar-refractivity contribution in [3.05, 3.63) is 0 Å². The van der Waals surface area contributed by atoms with Gasteiger partial charge in [-0.15, -0.1) is 0 Å². The van der Waals surface area contributed by atoms with Gasteiger partial charge in [0.05, 0.1) is 12.2 Å². The molecule has 108 valence electrons. The molecule has 0 fully saturated rings. The van der Waals surface area contributed by atoms with Crippen molar-refractivity contribution in [2.24, 2.45) is 5.84 Å². The zero-order valence-electron chi connectivity index (χ0n) is 11.8. The average Bonchev–Trinajstić information content (AvgIpc) is 2.34. The second-order valence-corrected chi connectivity index (χ2v) is 4.61. The zero-order valence-corrected chi connectivity index (χ0v) is 11.8. The maximum absolute atomic E-state index is 9.29. The summed E-state index contributed by atoms with van der Waals surface area (Å²) in [5.74, 6) is 6.01. The minimum Gasteiger partial charge on any atom is -0.461 e. The summed E-state index contributed by atoms with van der Waals surface area (Å²) < 4.78 is 5.44. The Morgan fingerprint density at radius 2 is 2.00 bits per heavy atom. The van der Waals surface area contributed by atoms with E-state index in [0.717, 1.165) is 0 Å². The number of nitrogens with two attached hydrogens (primary N) is 1. The molecular formula is C11H22N6O2. The maximum Gasteiger partial charge on any atom is 0.323 e. The third-order valence-electron chi connectivity index (χ3n) is 2.30. The molecule has 0 radical (unpaired) electrons. The molecule has 1 unspecified atom stereocenters. The van der Waals surface area contributed by atoms with Crippen LogP contribution in [0.25, 0.3) is 0 Å². The Bertz CT molecular complexity index is 399. The van der Waals surface area contributed by atoms with Gasteiger partial charge in [0.1, 0.15) is 0 Å². The molecule has 8 heteroatoms. The van der Waals surface area contributed by atoms with Crippen LogP contribution in [0.5, 0.6) is 6.01 Å². The molecule has 0 spiro atoms. The summed E-state index contributed by atoms with van der Waals surface area (Å²) in [4.78, 5) is 14.2. The van der Waals surface area contributed by atoms with Gasteiger partial charge in [-0.3, -0.25) is 5.43 Å². The van der Waals surface area contributed by atoms with Crippen LogP contribution >= 0.6 is 0 Å². The van der Waals surface area contributed by atoms with E-state index in [0.29, 0.717) is 18.9 Å². The van der Waals surface area contributed by atoms with Gasteiger partial charge in [-0.25, -0.2) is 5.84 Å². The van der Waals surface area contributed by atoms with Gasteiger partial charge in [-0.2, -0.15) is 15.0 Å². The molecule has 0 aliphatic heterocycles. The molecule has 1 heterocycles. The van der Waals surface area contributed by atoms with E-state index in [2.05, 4.69) is 20.4 Å². The van der Waals surface area contributed by atoms with Crippen molar-refractivity contribution < 1.29 is 9.84 Å². The van der Waals surface area contributed by atoms with E-state index >= 15 is 0 Å². The predicted molar refractivity (Wildman–Crippen MR) is 73.0 cm³/mol. The van der Waals surface area contributed by atoms with Crippen LogP contribution in [0.15, 0.2) is 0 Å². The highest BCUT2D eigenvalue weighted by atomic mass is 16.5. The zero-order chi connectivity index (χ0) is 14.4. The number of nitrogens with zero attached hydrogens (tertiary/aromatic N) is 4. The molecule has 1 atom stereocenters. The summed E-state index contributed by atoms with van der Waals surface area (Å²) >= 11 is 0. The second-order valence-electron chi connectivity index (χ2n) is 4.61. The molecule has 1 rings (SSSR count). The molecule has 1 aromatic rings. The van der Waals surface area contributed by atoms with E-state index in [-0.39, 0.29) is 24.2 Å². The Balaban J connectivity index is 2.86. The Kier molecular flexibility index (Phi) is 5.71. The van der Waals surface area contributed by atoms with Crippen LogP contribution < -0.4 is 20.9 Å². The summed E-state index contributed by atoms with van der Waals surface area (Å²) in [5.41, 5.74) is 2.38. The minimum atomic E-state index is -0.372. The topological polar surface area (TPSA) is 109 Å². The molecule has 0 aliphatic rings. The maximum atomic E-state index is 9.29. The monoisotopic (exact) mass is 270 g/mol. The van der Waals surface area contributed by atoms with Crippen LogP contribution in [0, 0.1) is 0 Å². The van der Waals surface area contributed by atoms with Gasteiger partial charge in [0, 0.05) is 13.6 Å². The van der Waals surface area contributed by atoms with Crippen molar-refractivity contribution in [3.8, 4) is 6.01 Å². The standard InChI is InChI=1S/C11H22N6O2/c1-7(2)19-11-14-9(16-12)13-10(15-11)17(4)6-5-8(3)18/h7-8,18H,5-6,12H2,1-4H3,(H,13,14,15,16). The van der Waals surface area contributed by atoms with Crippen molar-refractivity contribution in [2.45, 2.75) is 39.4 Å². The fourth-order valence-corrected chi connectivity index (χ4v) is 1.33.